The molecule has 1 saturated heterocycles. The van der Waals surface area contributed by atoms with Gasteiger partial charge in [0.05, 0.1) is 6.54 Å². The maximum Gasteiger partial charge on any atom is 0.242 e. The SMILES string of the molecule is O=C1CCCCN1CC(=O)N(Cc1cccnc1)Cc1cccnc1. The van der Waals surface area contributed by atoms with Gasteiger partial charge >= 0.3 is 0 Å². The fourth-order valence-electron chi connectivity index (χ4n) is 2.95. The van der Waals surface area contributed by atoms with Gasteiger partial charge in [0.15, 0.2) is 0 Å². The van der Waals surface area contributed by atoms with Gasteiger partial charge in [-0.3, -0.25) is 19.6 Å². The van der Waals surface area contributed by atoms with E-state index in [2.05, 4.69) is 9.97 Å². The maximum atomic E-state index is 12.9. The highest BCUT2D eigenvalue weighted by molar-refractivity contribution is 5.85. The van der Waals surface area contributed by atoms with E-state index in [4.69, 9.17) is 0 Å². The summed E-state index contributed by atoms with van der Waals surface area (Å²) in [5, 5.41) is 0. The Morgan fingerprint density at radius 2 is 1.68 bits per heavy atom. The number of likely N-dealkylation sites (tertiary alicyclic amines) is 1. The quantitative estimate of drug-likeness (QED) is 0.808. The van der Waals surface area contributed by atoms with Crippen molar-refractivity contribution in [3.05, 3.63) is 60.2 Å². The number of carbonyl (C=O) groups is 2. The Morgan fingerprint density at radius 1 is 1.04 bits per heavy atom. The number of amides is 2. The molecular weight excluding hydrogens is 316 g/mol. The summed E-state index contributed by atoms with van der Waals surface area (Å²) >= 11 is 0. The summed E-state index contributed by atoms with van der Waals surface area (Å²) in [6.07, 6.45) is 9.36. The highest BCUT2D eigenvalue weighted by Crippen LogP contribution is 2.13. The first-order chi connectivity index (χ1) is 12.2. The zero-order chi connectivity index (χ0) is 17.5. The third-order valence-corrected chi connectivity index (χ3v) is 4.29. The van der Waals surface area contributed by atoms with E-state index in [1.807, 2.05) is 24.3 Å². The van der Waals surface area contributed by atoms with Crippen LogP contribution in [0.25, 0.3) is 0 Å². The summed E-state index contributed by atoms with van der Waals surface area (Å²) in [4.78, 5) is 36.5. The molecule has 2 amide bonds. The second kappa shape index (κ2) is 8.37. The van der Waals surface area contributed by atoms with Crippen molar-refractivity contribution < 1.29 is 9.59 Å². The topological polar surface area (TPSA) is 66.4 Å². The van der Waals surface area contributed by atoms with Gasteiger partial charge in [0.25, 0.3) is 0 Å². The molecule has 1 aliphatic heterocycles. The number of piperidine rings is 1. The molecule has 0 spiro atoms. The monoisotopic (exact) mass is 338 g/mol. The van der Waals surface area contributed by atoms with Gasteiger partial charge in [-0.05, 0) is 36.1 Å². The van der Waals surface area contributed by atoms with Crippen molar-refractivity contribution in [1.82, 2.24) is 19.8 Å². The molecule has 0 unspecified atom stereocenters. The fourth-order valence-corrected chi connectivity index (χ4v) is 2.95. The standard InChI is InChI=1S/C19H22N4O2/c24-18-7-1-2-10-22(18)15-19(25)23(13-16-5-3-8-20-11-16)14-17-6-4-9-21-12-17/h3-6,8-9,11-12H,1-2,7,10,13-15H2. The molecule has 0 aromatic carbocycles. The number of nitrogens with zero attached hydrogens (tertiary/aromatic N) is 4. The largest absolute Gasteiger partial charge is 0.333 e. The Morgan fingerprint density at radius 3 is 2.20 bits per heavy atom. The van der Waals surface area contributed by atoms with Crippen LogP contribution in [0.5, 0.6) is 0 Å². The Labute approximate surface area is 147 Å². The molecule has 6 heteroatoms. The average Bonchev–Trinajstić information content (AvgIpc) is 2.65. The molecule has 0 atom stereocenters. The first kappa shape index (κ1) is 17.1. The highest BCUT2D eigenvalue weighted by Gasteiger charge is 2.23. The van der Waals surface area contributed by atoms with E-state index in [-0.39, 0.29) is 18.4 Å². The summed E-state index contributed by atoms with van der Waals surface area (Å²) < 4.78 is 0. The second-order valence-electron chi connectivity index (χ2n) is 6.24. The van der Waals surface area contributed by atoms with Crippen LogP contribution in [-0.4, -0.2) is 44.7 Å². The normalized spacial score (nSPS) is 14.4. The molecule has 3 rings (SSSR count). The molecule has 0 aliphatic carbocycles. The van der Waals surface area contributed by atoms with Crippen LogP contribution in [0.3, 0.4) is 0 Å². The van der Waals surface area contributed by atoms with Crippen LogP contribution in [0, 0.1) is 0 Å². The Bertz CT molecular complexity index is 664. The molecule has 25 heavy (non-hydrogen) atoms. The number of hydrogen-bond acceptors (Lipinski definition) is 4. The van der Waals surface area contributed by atoms with Gasteiger partial charge in [0.2, 0.25) is 11.8 Å². The molecule has 3 heterocycles. The minimum absolute atomic E-state index is 0.0528. The lowest BCUT2D eigenvalue weighted by atomic mass is 10.1. The lowest BCUT2D eigenvalue weighted by Crippen LogP contribution is -2.44. The van der Waals surface area contributed by atoms with E-state index in [1.165, 1.54) is 0 Å². The minimum atomic E-state index is -0.0528. The van der Waals surface area contributed by atoms with Gasteiger partial charge in [0.1, 0.15) is 0 Å². The maximum absolute atomic E-state index is 12.9. The number of hydrogen-bond donors (Lipinski definition) is 0. The van der Waals surface area contributed by atoms with E-state index >= 15 is 0 Å². The Kier molecular flexibility index (Phi) is 5.72. The molecular formula is C19H22N4O2. The van der Waals surface area contributed by atoms with Gasteiger partial charge in [-0.1, -0.05) is 12.1 Å². The zero-order valence-corrected chi connectivity index (χ0v) is 14.2. The van der Waals surface area contributed by atoms with Crippen molar-refractivity contribution >= 4 is 11.8 Å². The third kappa shape index (κ3) is 4.86. The molecule has 0 saturated carbocycles. The summed E-state index contributed by atoms with van der Waals surface area (Å²) in [6.45, 7) is 1.73. The third-order valence-electron chi connectivity index (χ3n) is 4.29. The highest BCUT2D eigenvalue weighted by atomic mass is 16.2. The van der Waals surface area contributed by atoms with E-state index in [0.29, 0.717) is 26.1 Å². The summed E-state index contributed by atoms with van der Waals surface area (Å²) in [6, 6.07) is 7.61. The number of pyridine rings is 2. The van der Waals surface area contributed by atoms with Crippen molar-refractivity contribution in [3.63, 3.8) is 0 Å². The van der Waals surface area contributed by atoms with Crippen LogP contribution in [0.1, 0.15) is 30.4 Å². The smallest absolute Gasteiger partial charge is 0.242 e. The molecule has 2 aromatic rings. The first-order valence-corrected chi connectivity index (χ1v) is 8.56. The average molecular weight is 338 g/mol. The van der Waals surface area contributed by atoms with Crippen molar-refractivity contribution in [2.24, 2.45) is 0 Å². The summed E-state index contributed by atoms with van der Waals surface area (Å²) in [7, 11) is 0. The number of aromatic nitrogens is 2. The van der Waals surface area contributed by atoms with Gasteiger partial charge in [-0.2, -0.15) is 0 Å². The molecule has 0 bridgehead atoms. The summed E-state index contributed by atoms with van der Waals surface area (Å²) in [5.74, 6) is 0.0188. The van der Waals surface area contributed by atoms with Crippen molar-refractivity contribution in [2.45, 2.75) is 32.4 Å². The molecule has 0 radical (unpaired) electrons. The lowest BCUT2D eigenvalue weighted by molar-refractivity contribution is -0.142. The molecule has 0 N–H and O–H groups in total. The van der Waals surface area contributed by atoms with Crippen molar-refractivity contribution in [3.8, 4) is 0 Å². The van der Waals surface area contributed by atoms with Crippen LogP contribution in [0.4, 0.5) is 0 Å². The van der Waals surface area contributed by atoms with Crippen LogP contribution >= 0.6 is 0 Å². The van der Waals surface area contributed by atoms with Crippen molar-refractivity contribution in [1.29, 1.82) is 0 Å². The Balaban J connectivity index is 1.72. The first-order valence-electron chi connectivity index (χ1n) is 8.56. The molecule has 6 nitrogen and oxygen atoms in total. The number of rotatable bonds is 6. The summed E-state index contributed by atoms with van der Waals surface area (Å²) in [5.41, 5.74) is 1.93. The minimum Gasteiger partial charge on any atom is -0.333 e. The van der Waals surface area contributed by atoms with E-state index in [1.54, 1.807) is 34.6 Å². The molecule has 1 aliphatic rings. The fraction of sp³-hybridized carbons (Fsp3) is 0.368. The van der Waals surface area contributed by atoms with Crippen LogP contribution in [-0.2, 0) is 22.7 Å². The van der Waals surface area contributed by atoms with E-state index < -0.39 is 0 Å². The lowest BCUT2D eigenvalue weighted by Gasteiger charge is -2.30. The van der Waals surface area contributed by atoms with E-state index in [0.717, 1.165) is 24.0 Å². The van der Waals surface area contributed by atoms with Gasteiger partial charge in [-0.15, -0.1) is 0 Å². The van der Waals surface area contributed by atoms with Crippen LogP contribution in [0.15, 0.2) is 49.1 Å². The number of carbonyl (C=O) groups excluding carboxylic acids is 2. The van der Waals surface area contributed by atoms with E-state index in [9.17, 15) is 9.59 Å². The van der Waals surface area contributed by atoms with Crippen LogP contribution < -0.4 is 0 Å². The zero-order valence-electron chi connectivity index (χ0n) is 14.2. The molecule has 2 aromatic heterocycles. The van der Waals surface area contributed by atoms with Gasteiger partial charge in [0, 0.05) is 50.8 Å². The van der Waals surface area contributed by atoms with Gasteiger partial charge < -0.3 is 9.80 Å². The predicted octanol–water partition coefficient (Wildman–Crippen LogP) is 2.02. The second-order valence-corrected chi connectivity index (χ2v) is 6.24. The molecule has 1 fully saturated rings. The van der Waals surface area contributed by atoms with Crippen LogP contribution in [0.2, 0.25) is 0 Å². The Hall–Kier alpha value is -2.76. The van der Waals surface area contributed by atoms with Gasteiger partial charge in [-0.25, -0.2) is 0 Å². The predicted molar refractivity (Wildman–Crippen MR) is 93.2 cm³/mol. The van der Waals surface area contributed by atoms with Crippen molar-refractivity contribution in [2.75, 3.05) is 13.1 Å². The molecule has 130 valence electrons.